The lowest BCUT2D eigenvalue weighted by Crippen LogP contribution is -2.47. The molecule has 4 nitrogen and oxygen atoms in total. The Balaban J connectivity index is 0.00000242. The van der Waals surface area contributed by atoms with Gasteiger partial charge in [-0.1, -0.05) is 18.2 Å². The van der Waals surface area contributed by atoms with E-state index in [1.165, 1.54) is 0 Å². The molecule has 0 bridgehead atoms. The lowest BCUT2D eigenvalue weighted by molar-refractivity contribution is -0.118. The van der Waals surface area contributed by atoms with Gasteiger partial charge in [-0.25, -0.2) is 0 Å². The highest BCUT2D eigenvalue weighted by Crippen LogP contribution is 2.29. The summed E-state index contributed by atoms with van der Waals surface area (Å²) in [6.07, 6.45) is 2.01. The average Bonchev–Trinajstić information content (AvgIpc) is 2.64. The third-order valence-electron chi connectivity index (χ3n) is 3.67. The molecule has 0 atom stereocenters. The minimum absolute atomic E-state index is 0. The largest absolute Gasteiger partial charge is 0.497 e. The minimum Gasteiger partial charge on any atom is -0.497 e. The number of carbonyl (C=O) groups is 1. The zero-order chi connectivity index (χ0) is 15.7. The Morgan fingerprint density at radius 1 is 1.18 bits per heavy atom. The molecule has 0 aromatic heterocycles. The Labute approximate surface area is 138 Å². The molecular formula is C17H25ClN2O2. The first-order chi connectivity index (χ1) is 9.73. The van der Waals surface area contributed by atoms with Gasteiger partial charge in [0.1, 0.15) is 5.75 Å². The van der Waals surface area contributed by atoms with Gasteiger partial charge in [0.2, 0.25) is 5.91 Å². The van der Waals surface area contributed by atoms with Crippen LogP contribution in [0.15, 0.2) is 35.9 Å². The number of rotatable bonds is 4. The molecule has 22 heavy (non-hydrogen) atoms. The zero-order valence-electron chi connectivity index (χ0n) is 13.8. The van der Waals surface area contributed by atoms with E-state index in [1.807, 2.05) is 44.2 Å². The summed E-state index contributed by atoms with van der Waals surface area (Å²) in [4.78, 5) is 12.4. The quantitative estimate of drug-likeness (QED) is 0.895. The molecular weight excluding hydrogens is 300 g/mol. The van der Waals surface area contributed by atoms with Crippen molar-refractivity contribution in [1.82, 2.24) is 10.6 Å². The van der Waals surface area contributed by atoms with Crippen LogP contribution in [0.5, 0.6) is 5.75 Å². The van der Waals surface area contributed by atoms with Crippen LogP contribution in [0.3, 0.4) is 0 Å². The summed E-state index contributed by atoms with van der Waals surface area (Å²) in [7, 11) is 1.64. The lowest BCUT2D eigenvalue weighted by atomic mass is 9.96. The molecule has 5 heteroatoms. The Hall–Kier alpha value is -1.52. The van der Waals surface area contributed by atoms with Crippen molar-refractivity contribution in [3.63, 3.8) is 0 Å². The van der Waals surface area contributed by atoms with Gasteiger partial charge >= 0.3 is 0 Å². The molecule has 0 unspecified atom stereocenters. The minimum atomic E-state index is -0.312. The zero-order valence-corrected chi connectivity index (χ0v) is 14.6. The normalized spacial score (nSPS) is 18.1. The van der Waals surface area contributed by atoms with E-state index in [-0.39, 0.29) is 29.4 Å². The fraction of sp³-hybridized carbons (Fsp3) is 0.471. The number of nitrogens with one attached hydrogen (secondary N) is 2. The van der Waals surface area contributed by atoms with E-state index >= 15 is 0 Å². The summed E-state index contributed by atoms with van der Waals surface area (Å²) in [5.74, 6) is 0.796. The number of benzene rings is 1. The van der Waals surface area contributed by atoms with Crippen LogP contribution in [0.4, 0.5) is 0 Å². The maximum absolute atomic E-state index is 12.4. The van der Waals surface area contributed by atoms with Crippen molar-refractivity contribution in [2.75, 3.05) is 7.11 Å². The molecule has 1 amide bonds. The lowest BCUT2D eigenvalue weighted by Gasteiger charge is -2.27. The predicted octanol–water partition coefficient (Wildman–Crippen LogP) is 2.82. The van der Waals surface area contributed by atoms with E-state index in [0.29, 0.717) is 6.54 Å². The number of hydrogen-bond acceptors (Lipinski definition) is 3. The van der Waals surface area contributed by atoms with Gasteiger partial charge in [0.05, 0.1) is 7.11 Å². The van der Waals surface area contributed by atoms with Crippen molar-refractivity contribution >= 4 is 18.3 Å². The highest BCUT2D eigenvalue weighted by molar-refractivity contribution is 5.96. The molecule has 1 aromatic carbocycles. The molecule has 1 aromatic rings. The van der Waals surface area contributed by atoms with Gasteiger partial charge in [0, 0.05) is 23.2 Å². The van der Waals surface area contributed by atoms with Gasteiger partial charge in [-0.2, -0.15) is 0 Å². The van der Waals surface area contributed by atoms with Crippen LogP contribution in [0.1, 0.15) is 33.3 Å². The molecule has 2 rings (SSSR count). The van der Waals surface area contributed by atoms with Gasteiger partial charge < -0.3 is 10.1 Å². The van der Waals surface area contributed by atoms with Crippen LogP contribution in [0.25, 0.3) is 0 Å². The van der Waals surface area contributed by atoms with Gasteiger partial charge in [0.25, 0.3) is 0 Å². The van der Waals surface area contributed by atoms with Gasteiger partial charge in [0.15, 0.2) is 0 Å². The van der Waals surface area contributed by atoms with Crippen molar-refractivity contribution in [2.45, 2.75) is 45.3 Å². The number of methoxy groups -OCH3 is 1. The molecule has 0 spiro atoms. The van der Waals surface area contributed by atoms with Crippen LogP contribution in [-0.2, 0) is 11.3 Å². The SMILES string of the molecule is COc1ccc(CNC(=O)C2=CC(C)(C)NC2(C)C)cc1.Cl. The second-order valence-electron chi connectivity index (χ2n) is 6.56. The summed E-state index contributed by atoms with van der Waals surface area (Å²) in [6.45, 7) is 8.70. The Morgan fingerprint density at radius 3 is 2.23 bits per heavy atom. The number of halogens is 1. The summed E-state index contributed by atoms with van der Waals surface area (Å²) in [5.41, 5.74) is 1.37. The van der Waals surface area contributed by atoms with Gasteiger partial charge in [-0.05, 0) is 45.4 Å². The summed E-state index contributed by atoms with van der Waals surface area (Å²) in [5, 5.41) is 6.43. The maximum atomic E-state index is 12.4. The molecule has 1 aliphatic heterocycles. The molecule has 1 heterocycles. The van der Waals surface area contributed by atoms with E-state index in [1.54, 1.807) is 7.11 Å². The van der Waals surface area contributed by atoms with Gasteiger partial charge in [-0.3, -0.25) is 10.1 Å². The number of amides is 1. The molecule has 0 aliphatic carbocycles. The van der Waals surface area contributed by atoms with Crippen LogP contribution in [-0.4, -0.2) is 24.1 Å². The summed E-state index contributed by atoms with van der Waals surface area (Å²) >= 11 is 0. The first-order valence-corrected chi connectivity index (χ1v) is 7.17. The molecule has 0 saturated heterocycles. The first-order valence-electron chi connectivity index (χ1n) is 7.17. The van der Waals surface area contributed by atoms with Crippen LogP contribution in [0.2, 0.25) is 0 Å². The van der Waals surface area contributed by atoms with Gasteiger partial charge in [-0.15, -0.1) is 12.4 Å². The van der Waals surface area contributed by atoms with E-state index in [2.05, 4.69) is 24.5 Å². The molecule has 122 valence electrons. The molecule has 1 aliphatic rings. The Morgan fingerprint density at radius 2 is 1.77 bits per heavy atom. The van der Waals surface area contributed by atoms with E-state index in [4.69, 9.17) is 4.74 Å². The third-order valence-corrected chi connectivity index (χ3v) is 3.67. The fourth-order valence-corrected chi connectivity index (χ4v) is 2.82. The topological polar surface area (TPSA) is 50.4 Å². The molecule has 2 N–H and O–H groups in total. The fourth-order valence-electron chi connectivity index (χ4n) is 2.82. The number of carbonyl (C=O) groups excluding carboxylic acids is 1. The van der Waals surface area contributed by atoms with E-state index < -0.39 is 0 Å². The van der Waals surface area contributed by atoms with Crippen molar-refractivity contribution in [1.29, 1.82) is 0 Å². The van der Waals surface area contributed by atoms with Crippen molar-refractivity contribution in [3.8, 4) is 5.75 Å². The highest BCUT2D eigenvalue weighted by atomic mass is 35.5. The second-order valence-corrected chi connectivity index (χ2v) is 6.56. The Bertz CT molecular complexity index is 563. The van der Waals surface area contributed by atoms with Crippen molar-refractivity contribution in [3.05, 3.63) is 41.5 Å². The summed E-state index contributed by atoms with van der Waals surface area (Å²) < 4.78 is 5.12. The average molecular weight is 325 g/mol. The molecule has 0 fully saturated rings. The van der Waals surface area contributed by atoms with Crippen LogP contribution in [0, 0.1) is 0 Å². The highest BCUT2D eigenvalue weighted by Gasteiger charge is 2.39. The number of hydrogen-bond donors (Lipinski definition) is 2. The van der Waals surface area contributed by atoms with Crippen molar-refractivity contribution in [2.24, 2.45) is 0 Å². The smallest absolute Gasteiger partial charge is 0.249 e. The Kier molecular flexibility index (Phi) is 5.65. The van der Waals surface area contributed by atoms with Crippen LogP contribution >= 0.6 is 12.4 Å². The second kappa shape index (κ2) is 6.71. The monoisotopic (exact) mass is 324 g/mol. The third kappa shape index (κ3) is 4.24. The van der Waals surface area contributed by atoms with Crippen LogP contribution < -0.4 is 15.4 Å². The van der Waals surface area contributed by atoms with Crippen molar-refractivity contribution < 1.29 is 9.53 Å². The first kappa shape index (κ1) is 18.5. The summed E-state index contributed by atoms with van der Waals surface area (Å²) in [6, 6.07) is 7.70. The maximum Gasteiger partial charge on any atom is 0.249 e. The predicted molar refractivity (Wildman–Crippen MR) is 91.5 cm³/mol. The number of ether oxygens (including phenoxy) is 1. The molecule has 0 saturated carbocycles. The standard InChI is InChI=1S/C17H24N2O2.ClH/c1-16(2)10-14(17(3,4)19-16)15(20)18-11-12-6-8-13(21-5)9-7-12;/h6-10,19H,11H2,1-5H3,(H,18,20);1H. The molecule has 0 radical (unpaired) electrons. The van der Waals surface area contributed by atoms with E-state index in [0.717, 1.165) is 16.9 Å². The van der Waals surface area contributed by atoms with E-state index in [9.17, 15) is 4.79 Å².